The third kappa shape index (κ3) is 7.44. The van der Waals surface area contributed by atoms with Crippen molar-refractivity contribution in [2.45, 2.75) is 45.8 Å². The van der Waals surface area contributed by atoms with Gasteiger partial charge in [0.1, 0.15) is 24.2 Å². The van der Waals surface area contributed by atoms with E-state index in [4.69, 9.17) is 4.74 Å². The van der Waals surface area contributed by atoms with Crippen LogP contribution >= 0.6 is 0 Å². The second-order valence-electron chi connectivity index (χ2n) is 8.11. The number of benzene rings is 2. The number of rotatable bonds is 11. The third-order valence-corrected chi connectivity index (χ3v) is 6.61. The fourth-order valence-corrected chi connectivity index (χ4v) is 4.05. The number of anilines is 1. The normalized spacial score (nSPS) is 13.0. The van der Waals surface area contributed by atoms with E-state index in [1.165, 1.54) is 48.4 Å². The van der Waals surface area contributed by atoms with Gasteiger partial charge in [0, 0.05) is 12.6 Å². The molecular formula is C24H32FN3O5S. The Kier molecular flexibility index (Phi) is 9.43. The predicted octanol–water partition coefficient (Wildman–Crippen LogP) is 2.93. The number of hydrogen-bond acceptors (Lipinski definition) is 5. The summed E-state index contributed by atoms with van der Waals surface area (Å²) in [4.78, 5) is 27.5. The molecule has 0 unspecified atom stereocenters. The first-order chi connectivity index (χ1) is 16.0. The molecule has 8 nitrogen and oxygen atoms in total. The Morgan fingerprint density at radius 1 is 1.06 bits per heavy atom. The molecule has 0 saturated carbocycles. The van der Waals surface area contributed by atoms with E-state index in [1.807, 2.05) is 13.8 Å². The first kappa shape index (κ1) is 27.1. The van der Waals surface area contributed by atoms with Gasteiger partial charge in [0.05, 0.1) is 19.1 Å². The number of carbonyl (C=O) groups excluding carboxylic acids is 2. The lowest BCUT2D eigenvalue weighted by Gasteiger charge is -2.32. The monoisotopic (exact) mass is 493 g/mol. The molecule has 2 amide bonds. The second-order valence-corrected chi connectivity index (χ2v) is 10.0. The van der Waals surface area contributed by atoms with Gasteiger partial charge in [0.2, 0.25) is 21.8 Å². The van der Waals surface area contributed by atoms with Crippen LogP contribution in [0.1, 0.15) is 32.8 Å². The SMILES string of the molecule is CC[C@H](C)NC(=O)[C@H](C)N(Cc1ccc(F)cc1)C(=O)CN(c1ccc(OC)cc1)S(C)(=O)=O. The molecule has 0 aliphatic heterocycles. The van der Waals surface area contributed by atoms with Crippen LogP contribution in [0.4, 0.5) is 10.1 Å². The molecule has 2 aromatic carbocycles. The Morgan fingerprint density at radius 2 is 1.65 bits per heavy atom. The molecule has 0 radical (unpaired) electrons. The number of carbonyl (C=O) groups is 2. The minimum Gasteiger partial charge on any atom is -0.497 e. The van der Waals surface area contributed by atoms with Crippen molar-refractivity contribution in [3.05, 3.63) is 59.9 Å². The van der Waals surface area contributed by atoms with Gasteiger partial charge in [-0.15, -0.1) is 0 Å². The van der Waals surface area contributed by atoms with E-state index >= 15 is 0 Å². The summed E-state index contributed by atoms with van der Waals surface area (Å²) in [6.45, 7) is 4.86. The average molecular weight is 494 g/mol. The number of sulfonamides is 1. The highest BCUT2D eigenvalue weighted by Gasteiger charge is 2.30. The van der Waals surface area contributed by atoms with Crippen molar-refractivity contribution in [2.24, 2.45) is 0 Å². The summed E-state index contributed by atoms with van der Waals surface area (Å²) in [5.74, 6) is -0.818. The van der Waals surface area contributed by atoms with Crippen LogP contribution in [-0.2, 0) is 26.2 Å². The van der Waals surface area contributed by atoms with Crippen LogP contribution in [0.5, 0.6) is 5.75 Å². The maximum atomic E-state index is 13.4. The van der Waals surface area contributed by atoms with Crippen LogP contribution in [0.15, 0.2) is 48.5 Å². The molecule has 0 spiro atoms. The van der Waals surface area contributed by atoms with Crippen molar-refractivity contribution >= 4 is 27.5 Å². The highest BCUT2D eigenvalue weighted by atomic mass is 32.2. The van der Waals surface area contributed by atoms with Crippen molar-refractivity contribution in [1.29, 1.82) is 0 Å². The minimum absolute atomic E-state index is 0.00835. The van der Waals surface area contributed by atoms with E-state index in [0.717, 1.165) is 10.6 Å². The maximum absolute atomic E-state index is 13.4. The zero-order valence-corrected chi connectivity index (χ0v) is 20.9. The summed E-state index contributed by atoms with van der Waals surface area (Å²) in [7, 11) is -2.33. The fraction of sp³-hybridized carbons (Fsp3) is 0.417. The highest BCUT2D eigenvalue weighted by molar-refractivity contribution is 7.92. The van der Waals surface area contributed by atoms with E-state index in [-0.39, 0.29) is 24.2 Å². The smallest absolute Gasteiger partial charge is 0.244 e. The quantitative estimate of drug-likeness (QED) is 0.519. The first-order valence-electron chi connectivity index (χ1n) is 10.9. The van der Waals surface area contributed by atoms with Crippen LogP contribution < -0.4 is 14.4 Å². The predicted molar refractivity (Wildman–Crippen MR) is 129 cm³/mol. The first-order valence-corrected chi connectivity index (χ1v) is 12.8. The molecule has 0 aliphatic rings. The molecule has 0 heterocycles. The van der Waals surface area contributed by atoms with E-state index in [1.54, 1.807) is 19.1 Å². The van der Waals surface area contributed by atoms with Gasteiger partial charge in [-0.25, -0.2) is 12.8 Å². The molecule has 0 fully saturated rings. The Morgan fingerprint density at radius 3 is 2.15 bits per heavy atom. The molecule has 0 aromatic heterocycles. The number of nitrogens with zero attached hydrogens (tertiary/aromatic N) is 2. The Hall–Kier alpha value is -3.14. The van der Waals surface area contributed by atoms with Crippen molar-refractivity contribution in [2.75, 3.05) is 24.2 Å². The van der Waals surface area contributed by atoms with Gasteiger partial charge in [-0.1, -0.05) is 19.1 Å². The summed E-state index contributed by atoms with van der Waals surface area (Å²) in [6, 6.07) is 10.9. The van der Waals surface area contributed by atoms with Crippen LogP contribution in [0.3, 0.4) is 0 Å². The summed E-state index contributed by atoms with van der Waals surface area (Å²) in [5.41, 5.74) is 0.892. The summed E-state index contributed by atoms with van der Waals surface area (Å²) in [6.07, 6.45) is 1.72. The zero-order valence-electron chi connectivity index (χ0n) is 20.1. The lowest BCUT2D eigenvalue weighted by Crippen LogP contribution is -2.52. The average Bonchev–Trinajstić information content (AvgIpc) is 2.80. The van der Waals surface area contributed by atoms with Gasteiger partial charge < -0.3 is 15.0 Å². The van der Waals surface area contributed by atoms with Crippen LogP contribution in [0.25, 0.3) is 0 Å². The number of amides is 2. The highest BCUT2D eigenvalue weighted by Crippen LogP contribution is 2.22. The van der Waals surface area contributed by atoms with Crippen LogP contribution in [0.2, 0.25) is 0 Å². The van der Waals surface area contributed by atoms with Gasteiger partial charge >= 0.3 is 0 Å². The molecular weight excluding hydrogens is 461 g/mol. The van der Waals surface area contributed by atoms with Gasteiger partial charge in [-0.05, 0) is 62.2 Å². The maximum Gasteiger partial charge on any atom is 0.244 e. The van der Waals surface area contributed by atoms with Gasteiger partial charge in [-0.3, -0.25) is 13.9 Å². The molecule has 0 saturated heterocycles. The Labute approximate surface area is 200 Å². The molecule has 2 aromatic rings. The van der Waals surface area contributed by atoms with Crippen LogP contribution in [-0.4, -0.2) is 57.1 Å². The molecule has 10 heteroatoms. The zero-order chi connectivity index (χ0) is 25.5. The summed E-state index contributed by atoms with van der Waals surface area (Å²) < 4.78 is 44.5. The number of hydrogen-bond donors (Lipinski definition) is 1. The number of methoxy groups -OCH3 is 1. The number of nitrogens with one attached hydrogen (secondary N) is 1. The molecule has 1 N–H and O–H groups in total. The standard InChI is InChI=1S/C24H32FN3O5S/c1-6-17(2)26-24(30)18(3)27(15-19-7-9-20(25)10-8-19)23(29)16-28(34(5,31)32)21-11-13-22(33-4)14-12-21/h7-14,17-18H,6,15-16H2,1-5H3,(H,26,30)/t17-,18-/m0/s1. The van der Waals surface area contributed by atoms with E-state index < -0.39 is 34.3 Å². The Balaban J connectivity index is 2.36. The molecule has 186 valence electrons. The van der Waals surface area contributed by atoms with Crippen LogP contribution in [0, 0.1) is 5.82 Å². The lowest BCUT2D eigenvalue weighted by molar-refractivity contribution is -0.139. The molecule has 0 bridgehead atoms. The lowest BCUT2D eigenvalue weighted by atomic mass is 10.1. The second kappa shape index (κ2) is 11.8. The van der Waals surface area contributed by atoms with Crippen molar-refractivity contribution in [1.82, 2.24) is 10.2 Å². The minimum atomic E-state index is -3.82. The number of ether oxygens (including phenoxy) is 1. The number of halogens is 1. The fourth-order valence-electron chi connectivity index (χ4n) is 3.20. The Bertz CT molecular complexity index is 1070. The van der Waals surface area contributed by atoms with Crippen molar-refractivity contribution in [3.63, 3.8) is 0 Å². The summed E-state index contributed by atoms with van der Waals surface area (Å²) in [5, 5.41) is 2.85. The third-order valence-electron chi connectivity index (χ3n) is 5.47. The molecule has 2 rings (SSSR count). The molecule has 34 heavy (non-hydrogen) atoms. The van der Waals surface area contributed by atoms with E-state index in [9.17, 15) is 22.4 Å². The largest absolute Gasteiger partial charge is 0.497 e. The molecule has 0 aliphatic carbocycles. The van der Waals surface area contributed by atoms with Gasteiger partial charge in [0.15, 0.2) is 0 Å². The topological polar surface area (TPSA) is 96.0 Å². The van der Waals surface area contributed by atoms with E-state index in [2.05, 4.69) is 5.32 Å². The van der Waals surface area contributed by atoms with Gasteiger partial charge in [0.25, 0.3) is 0 Å². The van der Waals surface area contributed by atoms with Gasteiger partial charge in [-0.2, -0.15) is 0 Å². The van der Waals surface area contributed by atoms with E-state index in [0.29, 0.717) is 17.7 Å². The van der Waals surface area contributed by atoms with Crippen molar-refractivity contribution in [3.8, 4) is 5.75 Å². The van der Waals surface area contributed by atoms with Crippen molar-refractivity contribution < 1.29 is 27.1 Å². The summed E-state index contributed by atoms with van der Waals surface area (Å²) >= 11 is 0. The molecule has 2 atom stereocenters.